The summed E-state index contributed by atoms with van der Waals surface area (Å²) in [5, 5.41) is 8.34. The first-order valence-corrected chi connectivity index (χ1v) is 13.2. The van der Waals surface area contributed by atoms with E-state index in [9.17, 15) is 19.2 Å². The van der Waals surface area contributed by atoms with Crippen LogP contribution in [0.25, 0.3) is 0 Å². The molecule has 4 rings (SSSR count). The number of para-hydroxylation sites is 2. The van der Waals surface area contributed by atoms with Crippen LogP contribution in [-0.2, 0) is 16.0 Å². The third-order valence-electron chi connectivity index (χ3n) is 6.28. The van der Waals surface area contributed by atoms with Crippen LogP contribution in [0.15, 0.2) is 103 Å². The quantitative estimate of drug-likeness (QED) is 0.229. The van der Waals surface area contributed by atoms with Crippen LogP contribution in [-0.4, -0.2) is 36.3 Å². The molecule has 3 amide bonds. The Balaban J connectivity index is 1.53. The number of carbonyl (C=O) groups is 4. The highest BCUT2D eigenvalue weighted by Gasteiger charge is 2.25. The Morgan fingerprint density at radius 3 is 1.90 bits per heavy atom. The Morgan fingerprint density at radius 1 is 0.683 bits per heavy atom. The van der Waals surface area contributed by atoms with E-state index < -0.39 is 23.8 Å². The number of ether oxygens (including phenoxy) is 1. The first kappa shape index (κ1) is 28.8. The zero-order valence-corrected chi connectivity index (χ0v) is 22.8. The standard InChI is InChI=1S/C33H31N3O5/c1-3-41-33(40)29(21-23-13-5-4-6-14-23)36-32(39)26-17-8-10-19-28(26)35-31(38)25-16-7-9-18-27(25)34-30(37)24-15-11-12-22(2)20-24/h4-20,29H,3,21H2,1-2H3,(H,34,37)(H,35,38)(H,36,39). The number of hydrogen-bond donors (Lipinski definition) is 3. The molecule has 0 saturated heterocycles. The highest BCUT2D eigenvalue weighted by Crippen LogP contribution is 2.21. The van der Waals surface area contributed by atoms with Crippen molar-refractivity contribution in [2.45, 2.75) is 26.3 Å². The van der Waals surface area contributed by atoms with Crippen LogP contribution in [0.1, 0.15) is 49.1 Å². The number of anilines is 2. The molecule has 8 heteroatoms. The second-order valence-electron chi connectivity index (χ2n) is 9.34. The Morgan fingerprint density at radius 2 is 1.27 bits per heavy atom. The van der Waals surface area contributed by atoms with Crippen molar-refractivity contribution in [2.24, 2.45) is 0 Å². The van der Waals surface area contributed by atoms with Crippen molar-refractivity contribution >= 4 is 35.1 Å². The lowest BCUT2D eigenvalue weighted by Gasteiger charge is -2.19. The van der Waals surface area contributed by atoms with Gasteiger partial charge in [-0.15, -0.1) is 0 Å². The topological polar surface area (TPSA) is 114 Å². The normalized spacial score (nSPS) is 11.2. The molecule has 0 heterocycles. The predicted octanol–water partition coefficient (Wildman–Crippen LogP) is 5.40. The first-order valence-electron chi connectivity index (χ1n) is 13.2. The SMILES string of the molecule is CCOC(=O)C(Cc1ccccc1)NC(=O)c1ccccc1NC(=O)c1ccccc1NC(=O)c1cccc(C)c1. The van der Waals surface area contributed by atoms with Crippen molar-refractivity contribution in [3.05, 3.63) is 131 Å². The number of esters is 1. The van der Waals surface area contributed by atoms with Gasteiger partial charge in [-0.3, -0.25) is 14.4 Å². The molecular formula is C33H31N3O5. The smallest absolute Gasteiger partial charge is 0.328 e. The maximum atomic E-state index is 13.4. The molecule has 0 aliphatic heterocycles. The third kappa shape index (κ3) is 7.67. The molecule has 0 fully saturated rings. The van der Waals surface area contributed by atoms with Crippen LogP contribution in [0, 0.1) is 6.92 Å². The minimum Gasteiger partial charge on any atom is -0.464 e. The van der Waals surface area contributed by atoms with Gasteiger partial charge in [0, 0.05) is 12.0 Å². The Bertz CT molecular complexity index is 1550. The highest BCUT2D eigenvalue weighted by atomic mass is 16.5. The Kier molecular flexibility index (Phi) is 9.62. The van der Waals surface area contributed by atoms with Gasteiger partial charge >= 0.3 is 5.97 Å². The van der Waals surface area contributed by atoms with Gasteiger partial charge in [-0.25, -0.2) is 4.79 Å². The van der Waals surface area contributed by atoms with E-state index in [1.807, 2.05) is 43.3 Å². The largest absolute Gasteiger partial charge is 0.464 e. The van der Waals surface area contributed by atoms with E-state index in [1.54, 1.807) is 73.7 Å². The lowest BCUT2D eigenvalue weighted by Crippen LogP contribution is -2.43. The molecule has 4 aromatic rings. The van der Waals surface area contributed by atoms with Crippen LogP contribution in [0.2, 0.25) is 0 Å². The molecule has 41 heavy (non-hydrogen) atoms. The van der Waals surface area contributed by atoms with Gasteiger partial charge in [0.15, 0.2) is 0 Å². The van der Waals surface area contributed by atoms with Crippen molar-refractivity contribution in [2.75, 3.05) is 17.2 Å². The Labute approximate surface area is 238 Å². The fraction of sp³-hybridized carbons (Fsp3) is 0.152. The molecule has 1 unspecified atom stereocenters. The second-order valence-corrected chi connectivity index (χ2v) is 9.34. The molecular weight excluding hydrogens is 518 g/mol. The molecule has 0 aliphatic carbocycles. The van der Waals surface area contributed by atoms with Gasteiger partial charge in [0.05, 0.1) is 29.1 Å². The number of nitrogens with one attached hydrogen (secondary N) is 3. The zero-order chi connectivity index (χ0) is 29.2. The highest BCUT2D eigenvalue weighted by molar-refractivity contribution is 6.14. The fourth-order valence-electron chi connectivity index (χ4n) is 4.27. The van der Waals surface area contributed by atoms with Crippen LogP contribution >= 0.6 is 0 Å². The van der Waals surface area contributed by atoms with E-state index >= 15 is 0 Å². The second kappa shape index (κ2) is 13.7. The van der Waals surface area contributed by atoms with Crippen molar-refractivity contribution in [3.8, 4) is 0 Å². The van der Waals surface area contributed by atoms with Gasteiger partial charge in [-0.2, -0.15) is 0 Å². The zero-order valence-electron chi connectivity index (χ0n) is 22.8. The molecule has 8 nitrogen and oxygen atoms in total. The van der Waals surface area contributed by atoms with Gasteiger partial charge in [0.2, 0.25) is 0 Å². The van der Waals surface area contributed by atoms with Gasteiger partial charge in [-0.1, -0.05) is 72.3 Å². The van der Waals surface area contributed by atoms with Crippen molar-refractivity contribution in [3.63, 3.8) is 0 Å². The van der Waals surface area contributed by atoms with E-state index in [0.29, 0.717) is 11.3 Å². The summed E-state index contributed by atoms with van der Waals surface area (Å²) in [5.41, 5.74) is 3.22. The molecule has 0 aliphatic rings. The van der Waals surface area contributed by atoms with E-state index in [1.165, 1.54) is 0 Å². The van der Waals surface area contributed by atoms with Gasteiger partial charge in [0.1, 0.15) is 6.04 Å². The summed E-state index contributed by atoms with van der Waals surface area (Å²) in [6.45, 7) is 3.76. The number of benzene rings is 4. The van der Waals surface area contributed by atoms with Crippen LogP contribution in [0.3, 0.4) is 0 Å². The summed E-state index contributed by atoms with van der Waals surface area (Å²) in [6, 6.07) is 28.6. The predicted molar refractivity (Wildman–Crippen MR) is 158 cm³/mol. The van der Waals surface area contributed by atoms with E-state index in [2.05, 4.69) is 16.0 Å². The van der Waals surface area contributed by atoms with Crippen molar-refractivity contribution < 1.29 is 23.9 Å². The summed E-state index contributed by atoms with van der Waals surface area (Å²) in [6.07, 6.45) is 0.244. The van der Waals surface area contributed by atoms with E-state index in [0.717, 1.165) is 11.1 Å². The van der Waals surface area contributed by atoms with Gasteiger partial charge < -0.3 is 20.7 Å². The molecule has 0 bridgehead atoms. The number of carbonyl (C=O) groups excluding carboxylic acids is 4. The first-order chi connectivity index (χ1) is 19.9. The molecule has 4 aromatic carbocycles. The summed E-state index contributed by atoms with van der Waals surface area (Å²) < 4.78 is 5.19. The molecule has 0 radical (unpaired) electrons. The van der Waals surface area contributed by atoms with Crippen molar-refractivity contribution in [1.29, 1.82) is 0 Å². The minimum atomic E-state index is -0.925. The maximum Gasteiger partial charge on any atom is 0.328 e. The molecule has 0 spiro atoms. The minimum absolute atomic E-state index is 0.171. The van der Waals surface area contributed by atoms with Crippen molar-refractivity contribution in [1.82, 2.24) is 5.32 Å². The monoisotopic (exact) mass is 549 g/mol. The number of hydrogen-bond acceptors (Lipinski definition) is 5. The number of amides is 3. The van der Waals surface area contributed by atoms with Gasteiger partial charge in [0.25, 0.3) is 17.7 Å². The molecule has 3 N–H and O–H groups in total. The van der Waals surface area contributed by atoms with Crippen LogP contribution < -0.4 is 16.0 Å². The molecule has 208 valence electrons. The average molecular weight is 550 g/mol. The summed E-state index contributed by atoms with van der Waals surface area (Å²) in [4.78, 5) is 52.2. The summed E-state index contributed by atoms with van der Waals surface area (Å²) in [7, 11) is 0. The maximum absolute atomic E-state index is 13.4. The lowest BCUT2D eigenvalue weighted by atomic mass is 10.0. The van der Waals surface area contributed by atoms with E-state index in [4.69, 9.17) is 4.74 Å². The number of rotatable bonds is 10. The molecule has 0 saturated carbocycles. The third-order valence-corrected chi connectivity index (χ3v) is 6.28. The fourth-order valence-corrected chi connectivity index (χ4v) is 4.27. The molecule has 0 aromatic heterocycles. The Hall–Kier alpha value is -5.24. The van der Waals surface area contributed by atoms with E-state index in [-0.39, 0.29) is 35.7 Å². The molecule has 1 atom stereocenters. The summed E-state index contributed by atoms with van der Waals surface area (Å²) in [5.74, 6) is -1.96. The lowest BCUT2D eigenvalue weighted by molar-refractivity contribution is -0.145. The van der Waals surface area contributed by atoms with Gasteiger partial charge in [-0.05, 0) is 55.8 Å². The summed E-state index contributed by atoms with van der Waals surface area (Å²) >= 11 is 0. The average Bonchev–Trinajstić information content (AvgIpc) is 2.98. The number of aryl methyl sites for hydroxylation is 1. The van der Waals surface area contributed by atoms with Crippen LogP contribution in [0.4, 0.5) is 11.4 Å². The van der Waals surface area contributed by atoms with Crippen LogP contribution in [0.5, 0.6) is 0 Å².